The Bertz CT molecular complexity index is 952. The maximum atomic E-state index is 12.5. The minimum absolute atomic E-state index is 0.180. The smallest absolute Gasteiger partial charge is 0.343 e. The van der Waals surface area contributed by atoms with Crippen molar-refractivity contribution in [2.75, 3.05) is 0 Å². The van der Waals surface area contributed by atoms with Gasteiger partial charge in [0.25, 0.3) is 5.56 Å². The van der Waals surface area contributed by atoms with E-state index in [9.17, 15) is 9.59 Å². The summed E-state index contributed by atoms with van der Waals surface area (Å²) in [6.07, 6.45) is 1.63. The van der Waals surface area contributed by atoms with Gasteiger partial charge < -0.3 is 9.30 Å². The first kappa shape index (κ1) is 14.8. The Kier molecular flexibility index (Phi) is 3.84. The number of hydrogen-bond donors (Lipinski definition) is 1. The number of aryl methyl sites for hydroxylation is 1. The summed E-state index contributed by atoms with van der Waals surface area (Å²) in [5, 5.41) is 6.25. The molecule has 0 aliphatic rings. The Balaban J connectivity index is 1.91. The van der Waals surface area contributed by atoms with Crippen molar-refractivity contribution in [1.82, 2.24) is 19.3 Å². The Morgan fingerprint density at radius 3 is 2.74 bits per heavy atom. The van der Waals surface area contributed by atoms with Gasteiger partial charge in [0.1, 0.15) is 5.75 Å². The lowest BCUT2D eigenvalue weighted by atomic mass is 10.2. The summed E-state index contributed by atoms with van der Waals surface area (Å²) in [7, 11) is 1.60. The highest BCUT2D eigenvalue weighted by molar-refractivity contribution is 5.32. The SMILES string of the molecule is Cc1cccc(Oc2cccn(Cc3n[nH]c(=O)n3C)c2=O)c1. The third-order valence-corrected chi connectivity index (χ3v) is 3.49. The van der Waals surface area contributed by atoms with Gasteiger partial charge in [-0.25, -0.2) is 9.89 Å². The van der Waals surface area contributed by atoms with Crippen LogP contribution in [0.25, 0.3) is 0 Å². The van der Waals surface area contributed by atoms with Crippen LogP contribution >= 0.6 is 0 Å². The van der Waals surface area contributed by atoms with Crippen LogP contribution in [0, 0.1) is 6.92 Å². The molecular formula is C16H16N4O3. The number of nitrogens with zero attached hydrogens (tertiary/aromatic N) is 3. The molecule has 7 heteroatoms. The van der Waals surface area contributed by atoms with Crippen molar-refractivity contribution in [3.63, 3.8) is 0 Å². The summed E-state index contributed by atoms with van der Waals surface area (Å²) in [5.74, 6) is 1.29. The van der Waals surface area contributed by atoms with Gasteiger partial charge >= 0.3 is 5.69 Å². The van der Waals surface area contributed by atoms with Gasteiger partial charge in [-0.3, -0.25) is 9.36 Å². The molecule has 0 radical (unpaired) electrons. The molecule has 7 nitrogen and oxygen atoms in total. The number of ether oxygens (including phenoxy) is 1. The van der Waals surface area contributed by atoms with Crippen LogP contribution in [0.5, 0.6) is 11.5 Å². The van der Waals surface area contributed by atoms with Gasteiger partial charge in [-0.15, -0.1) is 0 Å². The predicted octanol–water partition coefficient (Wildman–Crippen LogP) is 1.42. The molecule has 23 heavy (non-hydrogen) atoms. The maximum absolute atomic E-state index is 12.5. The third kappa shape index (κ3) is 3.08. The van der Waals surface area contributed by atoms with Gasteiger partial charge in [0.15, 0.2) is 11.6 Å². The molecule has 0 aliphatic carbocycles. The van der Waals surface area contributed by atoms with Gasteiger partial charge in [-0.2, -0.15) is 5.10 Å². The highest BCUT2D eigenvalue weighted by Crippen LogP contribution is 2.18. The van der Waals surface area contributed by atoms with Crippen LogP contribution < -0.4 is 16.0 Å². The molecule has 2 aromatic heterocycles. The lowest BCUT2D eigenvalue weighted by Crippen LogP contribution is -2.23. The molecular weight excluding hydrogens is 296 g/mol. The van der Waals surface area contributed by atoms with E-state index in [4.69, 9.17) is 4.74 Å². The molecule has 118 valence electrons. The van der Waals surface area contributed by atoms with Gasteiger partial charge in [0, 0.05) is 13.2 Å². The van der Waals surface area contributed by atoms with Crippen molar-refractivity contribution in [3.05, 3.63) is 74.8 Å². The zero-order chi connectivity index (χ0) is 16.4. The molecule has 2 heterocycles. The van der Waals surface area contributed by atoms with E-state index in [2.05, 4.69) is 10.2 Å². The fourth-order valence-electron chi connectivity index (χ4n) is 2.20. The van der Waals surface area contributed by atoms with Crippen LogP contribution in [-0.4, -0.2) is 19.3 Å². The molecule has 0 saturated heterocycles. The molecule has 3 aromatic rings. The number of aromatic amines is 1. The van der Waals surface area contributed by atoms with Crippen LogP contribution in [0.1, 0.15) is 11.4 Å². The Morgan fingerprint density at radius 2 is 2.04 bits per heavy atom. The lowest BCUT2D eigenvalue weighted by Gasteiger charge is -2.09. The van der Waals surface area contributed by atoms with E-state index in [0.29, 0.717) is 11.6 Å². The molecule has 1 N–H and O–H groups in total. The standard InChI is InChI=1S/C16H16N4O3/c1-11-5-3-6-12(9-11)23-13-7-4-8-20(15(13)21)10-14-17-18-16(22)19(14)2/h3-9H,10H2,1-2H3,(H,18,22). The fourth-order valence-corrected chi connectivity index (χ4v) is 2.20. The molecule has 0 spiro atoms. The van der Waals surface area contributed by atoms with Gasteiger partial charge in [-0.1, -0.05) is 12.1 Å². The van der Waals surface area contributed by atoms with Crippen molar-refractivity contribution < 1.29 is 4.74 Å². The maximum Gasteiger partial charge on any atom is 0.343 e. The van der Waals surface area contributed by atoms with Crippen molar-refractivity contribution in [3.8, 4) is 11.5 Å². The second kappa shape index (κ2) is 5.96. The fraction of sp³-hybridized carbons (Fsp3) is 0.188. The Hall–Kier alpha value is -3.09. The van der Waals surface area contributed by atoms with E-state index >= 15 is 0 Å². The van der Waals surface area contributed by atoms with Crippen LogP contribution in [0.2, 0.25) is 0 Å². The topological polar surface area (TPSA) is 81.9 Å². The van der Waals surface area contributed by atoms with Crippen molar-refractivity contribution >= 4 is 0 Å². The summed E-state index contributed by atoms with van der Waals surface area (Å²) in [5.41, 5.74) is 0.440. The largest absolute Gasteiger partial charge is 0.452 e. The average Bonchev–Trinajstić information content (AvgIpc) is 2.83. The molecule has 0 amide bonds. The van der Waals surface area contributed by atoms with Crippen molar-refractivity contribution in [2.24, 2.45) is 7.05 Å². The first-order chi connectivity index (χ1) is 11.0. The monoisotopic (exact) mass is 312 g/mol. The van der Waals surface area contributed by atoms with Crippen molar-refractivity contribution in [1.29, 1.82) is 0 Å². The summed E-state index contributed by atoms with van der Waals surface area (Å²) < 4.78 is 8.48. The molecule has 0 aliphatic heterocycles. The van der Waals surface area contributed by atoms with E-state index in [1.165, 1.54) is 9.13 Å². The normalized spacial score (nSPS) is 10.7. The van der Waals surface area contributed by atoms with Crippen molar-refractivity contribution in [2.45, 2.75) is 13.5 Å². The molecule has 3 rings (SSSR count). The van der Waals surface area contributed by atoms with Gasteiger partial charge in [0.2, 0.25) is 0 Å². The van der Waals surface area contributed by atoms with E-state index in [1.54, 1.807) is 31.4 Å². The zero-order valence-electron chi connectivity index (χ0n) is 12.8. The molecule has 0 atom stereocenters. The molecule has 0 unspecified atom stereocenters. The van der Waals surface area contributed by atoms with Crippen LogP contribution in [0.3, 0.4) is 0 Å². The third-order valence-electron chi connectivity index (χ3n) is 3.49. The minimum Gasteiger partial charge on any atom is -0.452 e. The number of hydrogen-bond acceptors (Lipinski definition) is 4. The molecule has 0 fully saturated rings. The van der Waals surface area contributed by atoms with Crippen LogP contribution in [0.15, 0.2) is 52.2 Å². The zero-order valence-corrected chi connectivity index (χ0v) is 12.8. The number of rotatable bonds is 4. The van der Waals surface area contributed by atoms with E-state index in [0.717, 1.165) is 5.56 Å². The summed E-state index contributed by atoms with van der Waals surface area (Å²) in [6.45, 7) is 2.13. The van der Waals surface area contributed by atoms with E-state index in [-0.39, 0.29) is 23.5 Å². The number of aromatic nitrogens is 4. The van der Waals surface area contributed by atoms with Gasteiger partial charge in [-0.05, 0) is 36.8 Å². The number of benzene rings is 1. The van der Waals surface area contributed by atoms with E-state index in [1.807, 2.05) is 25.1 Å². The Morgan fingerprint density at radius 1 is 1.22 bits per heavy atom. The number of H-pyrrole nitrogens is 1. The van der Waals surface area contributed by atoms with Gasteiger partial charge in [0.05, 0.1) is 6.54 Å². The number of nitrogens with one attached hydrogen (secondary N) is 1. The van der Waals surface area contributed by atoms with Crippen LogP contribution in [0.4, 0.5) is 0 Å². The summed E-state index contributed by atoms with van der Waals surface area (Å²) >= 11 is 0. The molecule has 0 saturated carbocycles. The second-order valence-corrected chi connectivity index (χ2v) is 5.23. The second-order valence-electron chi connectivity index (χ2n) is 5.23. The number of pyridine rings is 1. The van der Waals surface area contributed by atoms with Crippen LogP contribution in [-0.2, 0) is 13.6 Å². The quantitative estimate of drug-likeness (QED) is 0.790. The Labute approximate surface area is 131 Å². The summed E-state index contributed by atoms with van der Waals surface area (Å²) in [4.78, 5) is 23.9. The molecule has 0 bridgehead atoms. The highest BCUT2D eigenvalue weighted by atomic mass is 16.5. The molecule has 1 aromatic carbocycles. The minimum atomic E-state index is -0.319. The summed E-state index contributed by atoms with van der Waals surface area (Å²) in [6, 6.07) is 10.8. The average molecular weight is 312 g/mol. The highest BCUT2D eigenvalue weighted by Gasteiger charge is 2.10. The first-order valence-electron chi connectivity index (χ1n) is 7.09. The lowest BCUT2D eigenvalue weighted by molar-refractivity contribution is 0.466. The first-order valence-corrected chi connectivity index (χ1v) is 7.09. The predicted molar refractivity (Wildman–Crippen MR) is 84.9 cm³/mol. The van der Waals surface area contributed by atoms with E-state index < -0.39 is 0 Å².